The van der Waals surface area contributed by atoms with Gasteiger partial charge >= 0.3 is 0 Å². The fourth-order valence-electron chi connectivity index (χ4n) is 1.32. The van der Waals surface area contributed by atoms with Crippen molar-refractivity contribution in [1.82, 2.24) is 10.3 Å². The van der Waals surface area contributed by atoms with Crippen molar-refractivity contribution in [3.63, 3.8) is 0 Å². The molecule has 0 fully saturated rings. The van der Waals surface area contributed by atoms with Crippen LogP contribution in [0.5, 0.6) is 0 Å². The van der Waals surface area contributed by atoms with Crippen LogP contribution in [-0.4, -0.2) is 37.7 Å². The first-order valence-corrected chi connectivity index (χ1v) is 5.64. The molecule has 0 aliphatic carbocycles. The number of hydrogen-bond donors (Lipinski definition) is 2. The van der Waals surface area contributed by atoms with Gasteiger partial charge in [-0.15, -0.1) is 0 Å². The lowest BCUT2D eigenvalue weighted by atomic mass is 10.3. The van der Waals surface area contributed by atoms with E-state index in [2.05, 4.69) is 15.6 Å². The lowest BCUT2D eigenvalue weighted by molar-refractivity contribution is -0.121. The number of anilines is 1. The predicted octanol–water partition coefficient (Wildman–Crippen LogP) is 0.955. The second-order valence-electron chi connectivity index (χ2n) is 3.74. The van der Waals surface area contributed by atoms with E-state index < -0.39 is 0 Å². The Labute approximate surface area is 102 Å². The maximum Gasteiger partial charge on any atom is 0.221 e. The Morgan fingerprint density at radius 1 is 1.47 bits per heavy atom. The molecular formula is C12H19N3O2. The number of methoxy groups -OCH3 is 1. The third-order valence-corrected chi connectivity index (χ3v) is 2.20. The lowest BCUT2D eigenvalue weighted by Gasteiger charge is -2.06. The van der Waals surface area contributed by atoms with Crippen molar-refractivity contribution < 1.29 is 9.53 Å². The number of aryl methyl sites for hydroxylation is 1. The quantitative estimate of drug-likeness (QED) is 0.693. The number of carbonyl (C=O) groups is 1. The van der Waals surface area contributed by atoms with Gasteiger partial charge in [-0.1, -0.05) is 0 Å². The molecule has 1 rings (SSSR count). The molecular weight excluding hydrogens is 218 g/mol. The van der Waals surface area contributed by atoms with Gasteiger partial charge in [-0.3, -0.25) is 4.79 Å². The average molecular weight is 237 g/mol. The Kier molecular flexibility index (Phi) is 6.03. The molecule has 0 atom stereocenters. The normalized spacial score (nSPS) is 10.0. The molecule has 0 radical (unpaired) electrons. The summed E-state index contributed by atoms with van der Waals surface area (Å²) in [6, 6.07) is 3.88. The van der Waals surface area contributed by atoms with Crippen LogP contribution in [0.2, 0.25) is 0 Å². The van der Waals surface area contributed by atoms with E-state index in [-0.39, 0.29) is 5.91 Å². The van der Waals surface area contributed by atoms with E-state index in [1.807, 2.05) is 19.1 Å². The number of hydrogen-bond acceptors (Lipinski definition) is 4. The van der Waals surface area contributed by atoms with E-state index in [0.717, 1.165) is 11.4 Å². The van der Waals surface area contributed by atoms with Crippen LogP contribution in [0, 0.1) is 6.92 Å². The third-order valence-electron chi connectivity index (χ3n) is 2.20. The monoisotopic (exact) mass is 237 g/mol. The number of aromatic nitrogens is 1. The van der Waals surface area contributed by atoms with E-state index in [1.165, 1.54) is 0 Å². The highest BCUT2D eigenvalue weighted by Crippen LogP contribution is 2.04. The molecule has 1 amide bonds. The zero-order valence-corrected chi connectivity index (χ0v) is 10.3. The number of ether oxygens (including phenoxy) is 1. The number of carbonyl (C=O) groups excluding carboxylic acids is 1. The topological polar surface area (TPSA) is 63.2 Å². The van der Waals surface area contributed by atoms with Crippen molar-refractivity contribution in [2.45, 2.75) is 13.3 Å². The third kappa shape index (κ3) is 5.87. The Bertz CT molecular complexity index is 355. The zero-order valence-electron chi connectivity index (χ0n) is 10.3. The smallest absolute Gasteiger partial charge is 0.221 e. The van der Waals surface area contributed by atoms with Gasteiger partial charge < -0.3 is 15.4 Å². The Balaban J connectivity index is 2.17. The summed E-state index contributed by atoms with van der Waals surface area (Å²) in [5, 5.41) is 5.86. The van der Waals surface area contributed by atoms with E-state index in [9.17, 15) is 4.79 Å². The molecule has 17 heavy (non-hydrogen) atoms. The average Bonchev–Trinajstić information content (AvgIpc) is 2.29. The van der Waals surface area contributed by atoms with Crippen molar-refractivity contribution in [3.05, 3.63) is 23.9 Å². The van der Waals surface area contributed by atoms with Crippen LogP contribution in [0.15, 0.2) is 18.3 Å². The number of nitrogens with zero attached hydrogens (tertiary/aromatic N) is 1. The minimum Gasteiger partial charge on any atom is -0.383 e. The maximum atomic E-state index is 11.3. The van der Waals surface area contributed by atoms with Gasteiger partial charge in [-0.05, 0) is 24.6 Å². The summed E-state index contributed by atoms with van der Waals surface area (Å²) in [5.74, 6) is 0.817. The van der Waals surface area contributed by atoms with Crippen molar-refractivity contribution in [1.29, 1.82) is 0 Å². The molecule has 94 valence electrons. The van der Waals surface area contributed by atoms with Crippen LogP contribution in [0.1, 0.15) is 12.0 Å². The molecule has 0 aromatic carbocycles. The van der Waals surface area contributed by atoms with E-state index >= 15 is 0 Å². The van der Waals surface area contributed by atoms with Crippen LogP contribution >= 0.6 is 0 Å². The van der Waals surface area contributed by atoms with Crippen LogP contribution in [-0.2, 0) is 9.53 Å². The number of amides is 1. The van der Waals surface area contributed by atoms with E-state index in [1.54, 1.807) is 13.3 Å². The Morgan fingerprint density at radius 2 is 2.29 bits per heavy atom. The van der Waals surface area contributed by atoms with Crippen LogP contribution in [0.25, 0.3) is 0 Å². The van der Waals surface area contributed by atoms with Gasteiger partial charge in [0, 0.05) is 32.8 Å². The molecule has 5 nitrogen and oxygen atoms in total. The molecule has 0 aliphatic rings. The molecule has 1 aromatic rings. The van der Waals surface area contributed by atoms with Crippen molar-refractivity contribution >= 4 is 11.7 Å². The molecule has 1 aromatic heterocycles. The number of nitrogens with one attached hydrogen (secondary N) is 2. The second kappa shape index (κ2) is 7.62. The molecule has 0 spiro atoms. The summed E-state index contributed by atoms with van der Waals surface area (Å²) in [6.07, 6.45) is 2.18. The number of rotatable bonds is 7. The van der Waals surface area contributed by atoms with Crippen molar-refractivity contribution in [3.8, 4) is 0 Å². The van der Waals surface area contributed by atoms with Gasteiger partial charge in [-0.2, -0.15) is 0 Å². The molecule has 0 aliphatic heterocycles. The Hall–Kier alpha value is -1.62. The molecule has 1 heterocycles. The van der Waals surface area contributed by atoms with Gasteiger partial charge in [0.1, 0.15) is 5.82 Å². The first-order chi connectivity index (χ1) is 8.22. The van der Waals surface area contributed by atoms with Gasteiger partial charge in [0.15, 0.2) is 0 Å². The van der Waals surface area contributed by atoms with Crippen LogP contribution < -0.4 is 10.6 Å². The highest BCUT2D eigenvalue weighted by atomic mass is 16.5. The summed E-state index contributed by atoms with van der Waals surface area (Å²) < 4.78 is 4.84. The molecule has 0 saturated carbocycles. The largest absolute Gasteiger partial charge is 0.383 e. The predicted molar refractivity (Wildman–Crippen MR) is 67.0 cm³/mol. The molecule has 0 saturated heterocycles. The fraction of sp³-hybridized carbons (Fsp3) is 0.500. The minimum atomic E-state index is 0.0159. The van der Waals surface area contributed by atoms with Crippen molar-refractivity contribution in [2.75, 3.05) is 32.1 Å². The maximum absolute atomic E-state index is 11.3. The summed E-state index contributed by atoms with van der Waals surface area (Å²) in [4.78, 5) is 15.5. The zero-order chi connectivity index (χ0) is 12.5. The molecule has 0 unspecified atom stereocenters. The lowest BCUT2D eigenvalue weighted by Crippen LogP contribution is -2.28. The minimum absolute atomic E-state index is 0.0159. The summed E-state index contributed by atoms with van der Waals surface area (Å²) in [6.45, 7) is 3.68. The molecule has 5 heteroatoms. The SMILES string of the molecule is COCCNC(=O)CCNc1cc(C)ccn1. The highest BCUT2D eigenvalue weighted by molar-refractivity contribution is 5.76. The van der Waals surface area contributed by atoms with Crippen molar-refractivity contribution in [2.24, 2.45) is 0 Å². The fourth-order valence-corrected chi connectivity index (χ4v) is 1.32. The second-order valence-corrected chi connectivity index (χ2v) is 3.74. The van der Waals surface area contributed by atoms with Gasteiger partial charge in [0.2, 0.25) is 5.91 Å². The molecule has 0 bridgehead atoms. The van der Waals surface area contributed by atoms with E-state index in [0.29, 0.717) is 26.1 Å². The van der Waals surface area contributed by atoms with Crippen LogP contribution in [0.4, 0.5) is 5.82 Å². The Morgan fingerprint density at radius 3 is 3.00 bits per heavy atom. The van der Waals surface area contributed by atoms with Gasteiger partial charge in [0.25, 0.3) is 0 Å². The highest BCUT2D eigenvalue weighted by Gasteiger charge is 2.00. The standard InChI is InChI=1S/C12H19N3O2/c1-10-3-5-13-11(9-10)14-6-4-12(16)15-7-8-17-2/h3,5,9H,4,6-8H2,1-2H3,(H,13,14)(H,15,16). The summed E-state index contributed by atoms with van der Waals surface area (Å²) >= 11 is 0. The summed E-state index contributed by atoms with van der Waals surface area (Å²) in [7, 11) is 1.61. The number of pyridine rings is 1. The van der Waals surface area contributed by atoms with Crippen LogP contribution in [0.3, 0.4) is 0 Å². The first-order valence-electron chi connectivity index (χ1n) is 5.64. The summed E-state index contributed by atoms with van der Waals surface area (Å²) in [5.41, 5.74) is 1.15. The van der Waals surface area contributed by atoms with E-state index in [4.69, 9.17) is 4.74 Å². The first kappa shape index (κ1) is 13.4. The molecule has 2 N–H and O–H groups in total. The van der Waals surface area contributed by atoms with Gasteiger partial charge in [0.05, 0.1) is 6.61 Å². The van der Waals surface area contributed by atoms with Gasteiger partial charge in [-0.25, -0.2) is 4.98 Å².